The van der Waals surface area contributed by atoms with Crippen molar-refractivity contribution in [1.82, 2.24) is 0 Å². The van der Waals surface area contributed by atoms with Gasteiger partial charge in [-0.1, -0.05) is 102 Å². The third kappa shape index (κ3) is 16.7. The lowest BCUT2D eigenvalue weighted by atomic mass is 9.50. The first-order valence-corrected chi connectivity index (χ1v) is 43.3. The van der Waals surface area contributed by atoms with Gasteiger partial charge in [-0.15, -0.1) is 0 Å². The van der Waals surface area contributed by atoms with Crippen molar-refractivity contribution in [2.24, 2.45) is 82.9 Å². The third-order valence-electron chi connectivity index (χ3n) is 28.0. The Morgan fingerprint density at radius 1 is 0.481 bits per heavy atom. The summed E-state index contributed by atoms with van der Waals surface area (Å²) in [5, 5.41) is 8.66. The van der Waals surface area contributed by atoms with E-state index in [1.165, 1.54) is 122 Å². The summed E-state index contributed by atoms with van der Waals surface area (Å²) in [5.74, 6) is 11.3. The highest BCUT2D eigenvalue weighted by molar-refractivity contribution is 7.97. The minimum atomic E-state index is -3.40. The minimum Gasteiger partial charge on any atom is -0.508 e. The Morgan fingerprint density at radius 3 is 1.25 bits per heavy atom. The van der Waals surface area contributed by atoms with Crippen molar-refractivity contribution in [2.75, 3.05) is 13.2 Å². The van der Waals surface area contributed by atoms with Crippen molar-refractivity contribution in [3.05, 3.63) is 144 Å². The molecule has 574 valence electrons. The molecule has 106 heavy (non-hydrogen) atoms. The topological polar surface area (TPSA) is 187 Å². The van der Waals surface area contributed by atoms with Gasteiger partial charge < -0.3 is 33.5 Å². The average molecular weight is 1490 g/mol. The van der Waals surface area contributed by atoms with E-state index in [4.69, 9.17) is 37.7 Å². The predicted molar refractivity (Wildman–Crippen MR) is 413 cm³/mol. The van der Waals surface area contributed by atoms with Crippen molar-refractivity contribution >= 4 is 44.9 Å². The fourth-order valence-corrected chi connectivity index (χ4v) is 26.4. The zero-order valence-electron chi connectivity index (χ0n) is 64.9. The summed E-state index contributed by atoms with van der Waals surface area (Å²) in [6.07, 6.45) is 23.1. The number of aromatic hydroxyl groups is 1. The smallest absolute Gasteiger partial charge is 0.344 e. The Balaban J connectivity index is 0.000000125. The molecule has 16 heteroatoms. The number of hydrogen-bond acceptors (Lipinski definition) is 14. The van der Waals surface area contributed by atoms with E-state index in [1.54, 1.807) is 19.1 Å². The molecule has 14 nitrogen and oxygen atoms in total. The molecule has 0 amide bonds. The Kier molecular flexibility index (Phi) is 24.0. The van der Waals surface area contributed by atoms with Crippen LogP contribution < -0.4 is 9.47 Å². The third-order valence-corrected chi connectivity index (χ3v) is 32.0. The van der Waals surface area contributed by atoms with Gasteiger partial charge in [0.2, 0.25) is 0 Å². The molecule has 1 heterocycles. The lowest BCUT2D eigenvalue weighted by Crippen LogP contribution is -2.58. The van der Waals surface area contributed by atoms with Gasteiger partial charge in [0.1, 0.15) is 46.3 Å². The first-order valence-electron chi connectivity index (χ1n) is 40.6. The highest BCUT2D eigenvalue weighted by atomic mass is 32.2. The van der Waals surface area contributed by atoms with Crippen LogP contribution in [0.2, 0.25) is 0 Å². The number of hydrogen-bond donors (Lipinski definition) is 1. The van der Waals surface area contributed by atoms with Crippen LogP contribution in [0.5, 0.6) is 17.2 Å². The summed E-state index contributed by atoms with van der Waals surface area (Å²) in [5.41, 5.74) is 3.99. The largest absolute Gasteiger partial charge is 0.508 e. The minimum absolute atomic E-state index is 0.00453. The molecule has 15 fully saturated rings. The number of carbonyl (C=O) groups is 4. The first-order chi connectivity index (χ1) is 50.8. The first kappa shape index (κ1) is 77.8. The van der Waals surface area contributed by atoms with Crippen LogP contribution in [0.15, 0.2) is 136 Å². The zero-order chi connectivity index (χ0) is 75.0. The fraction of sp³-hybridized carbons (Fsp3) is 0.622. The van der Waals surface area contributed by atoms with Gasteiger partial charge in [0.25, 0.3) is 10.1 Å². The molecule has 1 saturated heterocycles. The number of ether oxygens (including phenoxy) is 6. The molecule has 20 rings (SSSR count). The van der Waals surface area contributed by atoms with E-state index in [9.17, 15) is 27.6 Å². The summed E-state index contributed by atoms with van der Waals surface area (Å²) in [4.78, 5) is 52.2. The van der Waals surface area contributed by atoms with Crippen LogP contribution in [0.1, 0.15) is 231 Å². The van der Waals surface area contributed by atoms with E-state index in [0.717, 1.165) is 77.4 Å². The van der Waals surface area contributed by atoms with Gasteiger partial charge >= 0.3 is 23.9 Å². The van der Waals surface area contributed by atoms with E-state index < -0.39 is 16.2 Å². The van der Waals surface area contributed by atoms with Crippen LogP contribution in [0.25, 0.3) is 0 Å². The Labute approximate surface area is 635 Å². The number of fused-ring (bicyclic) bond motifs is 1. The molecular formula is C90H119O14S2+. The van der Waals surface area contributed by atoms with Crippen molar-refractivity contribution in [2.45, 2.75) is 272 Å². The number of rotatable bonds is 19. The van der Waals surface area contributed by atoms with E-state index in [2.05, 4.69) is 147 Å². The second kappa shape index (κ2) is 32.7. The van der Waals surface area contributed by atoms with Crippen LogP contribution in [0.3, 0.4) is 0 Å². The van der Waals surface area contributed by atoms with Crippen LogP contribution in [0, 0.1) is 96.7 Å². The molecule has 14 aliphatic carbocycles. The van der Waals surface area contributed by atoms with Crippen LogP contribution in [0.4, 0.5) is 0 Å². The van der Waals surface area contributed by atoms with E-state index in [1.807, 2.05) is 31.2 Å². The van der Waals surface area contributed by atoms with Gasteiger partial charge in [-0.05, 0) is 310 Å². The second-order valence-electron chi connectivity index (χ2n) is 34.7. The molecule has 5 aromatic carbocycles. The number of phenols is 1. The number of esters is 4. The molecule has 5 aromatic rings. The molecule has 0 radical (unpaired) electrons. The molecule has 0 aromatic heterocycles. The monoisotopic (exact) mass is 1490 g/mol. The summed E-state index contributed by atoms with van der Waals surface area (Å²) in [7, 11) is -3.61. The molecule has 15 aliphatic rings. The molecule has 14 saturated carbocycles. The summed E-state index contributed by atoms with van der Waals surface area (Å²) in [6.45, 7) is 23.1. The lowest BCUT2D eigenvalue weighted by Gasteiger charge is -2.59. The molecule has 1 aliphatic heterocycles. The Hall–Kier alpha value is -6.36. The average Bonchev–Trinajstić information content (AvgIpc) is 1.58. The summed E-state index contributed by atoms with van der Waals surface area (Å²) >= 11 is 0. The summed E-state index contributed by atoms with van der Waals surface area (Å²) < 4.78 is 63.6. The second-order valence-corrected chi connectivity index (χ2v) is 38.5. The zero-order valence-corrected chi connectivity index (χ0v) is 66.5. The molecule has 1 N–H and O–H groups in total. The number of benzene rings is 5. The Morgan fingerprint density at radius 2 is 0.858 bits per heavy atom. The molecule has 0 spiro atoms. The van der Waals surface area contributed by atoms with Gasteiger partial charge in [0.05, 0.1) is 16.1 Å². The van der Waals surface area contributed by atoms with Gasteiger partial charge in [0, 0.05) is 36.8 Å². The normalized spacial score (nSPS) is 34.5. The molecule has 14 bridgehead atoms. The van der Waals surface area contributed by atoms with E-state index in [-0.39, 0.29) is 88.0 Å². The summed E-state index contributed by atoms with van der Waals surface area (Å²) in [6, 6.07) is 41.3. The maximum absolute atomic E-state index is 13.0. The number of phenolic OH excluding ortho intramolecular Hbond substituents is 1. The lowest BCUT2D eigenvalue weighted by molar-refractivity contribution is -0.205. The maximum Gasteiger partial charge on any atom is 0.344 e. The van der Waals surface area contributed by atoms with Gasteiger partial charge in [0.15, 0.2) is 27.9 Å². The molecule has 7 atom stereocenters. The Bertz CT molecular complexity index is 3820. The van der Waals surface area contributed by atoms with Gasteiger partial charge in [-0.2, -0.15) is 8.42 Å². The van der Waals surface area contributed by atoms with Crippen molar-refractivity contribution < 1.29 is 65.3 Å². The number of carbonyl (C=O) groups excluding carboxylic acids is 4. The molecular weight excluding hydrogens is 1370 g/mol. The predicted octanol–water partition coefficient (Wildman–Crippen LogP) is 19.4. The quantitative estimate of drug-likeness (QED) is 0.0356. The van der Waals surface area contributed by atoms with Crippen molar-refractivity contribution in [3.63, 3.8) is 0 Å². The van der Waals surface area contributed by atoms with Crippen LogP contribution in [-0.2, 0) is 63.3 Å². The van der Waals surface area contributed by atoms with Crippen molar-refractivity contribution in [1.29, 1.82) is 0 Å². The fourth-order valence-electron chi connectivity index (χ4n) is 22.2. The van der Waals surface area contributed by atoms with Gasteiger partial charge in [-0.25, -0.2) is 9.59 Å². The SMILES string of the molecule is CCC(=O)OC1(C)C2CC3CC(C2)CC1C3.CCC(=O)OC1C2CC3C1OS(=O)(=O)C3C2.CCC(C)c1ccc(O)cc1.CCC(C)c1ccc(OCC(=O)OC2(C)C3CC4CC(C3)CC2C4)cc1.Cc1cc([S+](c2ccccc2)c2ccccc2)cc(C)c1OCC(=O)OC1(C)C2CC3CC(C2)CC1C3. The molecule has 7 unspecified atom stereocenters. The van der Waals surface area contributed by atoms with Gasteiger partial charge in [-0.3, -0.25) is 13.8 Å². The highest BCUT2D eigenvalue weighted by Gasteiger charge is 2.66. The van der Waals surface area contributed by atoms with E-state index in [0.29, 0.717) is 72.4 Å². The number of aryl methyl sites for hydroxylation is 2. The van der Waals surface area contributed by atoms with Crippen LogP contribution >= 0.6 is 0 Å². The van der Waals surface area contributed by atoms with Crippen LogP contribution in [-0.4, -0.2) is 84.9 Å². The highest BCUT2D eigenvalue weighted by Crippen LogP contribution is 2.63. The maximum atomic E-state index is 13.0. The standard InChI is InChI=1S/C33H37O3S.C23H32O3.C14H22O2.C10H14O5S.C10H14O/c1-22-14-30(37(28-10-6-4-7-11-28)29-12-8-5-9-13-29)15-23(2)32(22)35-21-31(34)36-33(3)26-17-24-16-25(19-26)20-27(33)18-24;1-4-15(2)18-5-7-21(8-6-18)25-14-22(24)26-23(3)19-10-16-9-17(12-19)13-20(23)11-16;1-3-13(15)16-14(2)11-5-9-4-10(7-11)8-12(14)6-9;1-2-8(11)14-9-5-3-6-7(4-5)16(12,13)15-10(6)9;1-3-8(2)9-4-6-10(11)7-5-9/h4-15,24-27H,16-21H2,1-3H3;5-8,15-17,19-20H,4,9-14H2,1-3H3;9-12H,3-8H2,1-2H3;5-7,9-10H,2-4H2,1H3;4-8,11H,3H2,1-2H3/q+1;;;;. The van der Waals surface area contributed by atoms with E-state index >= 15 is 0 Å². The van der Waals surface area contributed by atoms with Crippen molar-refractivity contribution in [3.8, 4) is 17.2 Å².